The second-order valence-electron chi connectivity index (χ2n) is 7.85. The maximum Gasteiger partial charge on any atom is 0.235 e. The number of carbonyl (C=O) groups is 1. The van der Waals surface area contributed by atoms with E-state index in [4.69, 9.17) is 16.3 Å². The molecule has 0 saturated heterocycles. The van der Waals surface area contributed by atoms with Gasteiger partial charge in [-0.3, -0.25) is 4.79 Å². The number of sulfonamides is 1. The van der Waals surface area contributed by atoms with E-state index in [-0.39, 0.29) is 25.0 Å². The first-order chi connectivity index (χ1) is 13.5. The number of amides is 1. The molecule has 1 amide bonds. The number of hydrogen-bond acceptors (Lipinski definition) is 4. The van der Waals surface area contributed by atoms with E-state index >= 15 is 0 Å². The normalized spacial score (nSPS) is 18.0. The molecule has 1 heterocycles. The van der Waals surface area contributed by atoms with Crippen LogP contribution < -0.4 is 10.1 Å². The van der Waals surface area contributed by atoms with Gasteiger partial charge in [-0.25, -0.2) is 8.42 Å². The van der Waals surface area contributed by atoms with Crippen molar-refractivity contribution in [3.63, 3.8) is 0 Å². The first kappa shape index (κ1) is 21.6. The topological polar surface area (TPSA) is 75.7 Å². The Morgan fingerprint density at radius 2 is 1.86 bits per heavy atom. The number of fused-ring (bicyclic) bond motifs is 1. The van der Waals surface area contributed by atoms with Gasteiger partial charge < -0.3 is 10.1 Å². The van der Waals surface area contributed by atoms with Crippen LogP contribution >= 0.6 is 11.6 Å². The first-order valence-electron chi connectivity index (χ1n) is 9.31. The van der Waals surface area contributed by atoms with Crippen molar-refractivity contribution in [3.8, 4) is 5.75 Å². The summed E-state index contributed by atoms with van der Waals surface area (Å²) in [5.41, 5.74) is 1.09. The lowest BCUT2D eigenvalue weighted by atomic mass is 9.89. The highest BCUT2D eigenvalue weighted by molar-refractivity contribution is 7.88. The van der Waals surface area contributed by atoms with Gasteiger partial charge in [-0.1, -0.05) is 48.0 Å². The molecule has 0 fully saturated rings. The standard InChI is InChI=1S/C21H25ClN2O4S/c1-21(2)12-18(16-9-5-7-11-19(16)28-21)23-20(25)14-24(29(3,26)27)13-15-8-4-6-10-17(15)22/h4-11,18H,12-14H2,1-3H3,(H,23,25)/t18-/m1/s1. The largest absolute Gasteiger partial charge is 0.487 e. The molecule has 0 unspecified atom stereocenters. The zero-order valence-corrected chi connectivity index (χ0v) is 18.3. The molecule has 156 valence electrons. The summed E-state index contributed by atoms with van der Waals surface area (Å²) >= 11 is 6.16. The molecule has 2 aromatic carbocycles. The maximum atomic E-state index is 12.8. The van der Waals surface area contributed by atoms with Crippen molar-refractivity contribution < 1.29 is 17.9 Å². The molecule has 3 rings (SSSR count). The van der Waals surface area contributed by atoms with E-state index < -0.39 is 15.6 Å². The fourth-order valence-electron chi connectivity index (χ4n) is 3.44. The Balaban J connectivity index is 1.76. The number of ether oxygens (including phenoxy) is 1. The number of nitrogens with zero attached hydrogens (tertiary/aromatic N) is 1. The lowest BCUT2D eigenvalue weighted by molar-refractivity contribution is -0.122. The van der Waals surface area contributed by atoms with Gasteiger partial charge in [-0.15, -0.1) is 0 Å². The number of benzene rings is 2. The SMILES string of the molecule is CC1(C)C[C@@H](NC(=O)CN(Cc2ccccc2Cl)S(C)(=O)=O)c2ccccc2O1. The van der Waals surface area contributed by atoms with Crippen LogP contribution in [0.2, 0.25) is 5.02 Å². The second-order valence-corrected chi connectivity index (χ2v) is 10.2. The summed E-state index contributed by atoms with van der Waals surface area (Å²) in [6.07, 6.45) is 1.67. The predicted molar refractivity (Wildman–Crippen MR) is 113 cm³/mol. The van der Waals surface area contributed by atoms with Crippen LogP contribution in [-0.2, 0) is 21.4 Å². The highest BCUT2D eigenvalue weighted by Gasteiger charge is 2.34. The summed E-state index contributed by atoms with van der Waals surface area (Å²) in [6, 6.07) is 14.3. The van der Waals surface area contributed by atoms with Gasteiger partial charge >= 0.3 is 0 Å². The smallest absolute Gasteiger partial charge is 0.235 e. The summed E-state index contributed by atoms with van der Waals surface area (Å²) in [5, 5.41) is 3.44. The minimum atomic E-state index is -3.61. The lowest BCUT2D eigenvalue weighted by Crippen LogP contribution is -2.45. The highest BCUT2D eigenvalue weighted by atomic mass is 35.5. The Labute approximate surface area is 176 Å². The Bertz CT molecular complexity index is 1010. The summed E-state index contributed by atoms with van der Waals surface area (Å²) in [5.74, 6) is 0.352. The molecule has 0 radical (unpaired) electrons. The van der Waals surface area contributed by atoms with Crippen molar-refractivity contribution in [2.24, 2.45) is 0 Å². The molecule has 1 aliphatic rings. The van der Waals surface area contributed by atoms with E-state index in [0.717, 1.165) is 21.9 Å². The van der Waals surface area contributed by atoms with Gasteiger partial charge in [0.2, 0.25) is 15.9 Å². The van der Waals surface area contributed by atoms with Crippen LogP contribution in [-0.4, -0.2) is 37.0 Å². The van der Waals surface area contributed by atoms with Gasteiger partial charge in [0.25, 0.3) is 0 Å². The number of rotatable bonds is 6. The molecular weight excluding hydrogens is 412 g/mol. The Kier molecular flexibility index (Phi) is 6.22. The summed E-state index contributed by atoms with van der Waals surface area (Å²) in [4.78, 5) is 12.8. The van der Waals surface area contributed by atoms with Gasteiger partial charge in [0.05, 0.1) is 18.8 Å². The van der Waals surface area contributed by atoms with Gasteiger partial charge in [-0.2, -0.15) is 4.31 Å². The quantitative estimate of drug-likeness (QED) is 0.751. The second kappa shape index (κ2) is 8.34. The van der Waals surface area contributed by atoms with Gasteiger partial charge in [0.1, 0.15) is 11.4 Å². The molecule has 1 aliphatic heterocycles. The Morgan fingerprint density at radius 1 is 1.21 bits per heavy atom. The lowest BCUT2D eigenvalue weighted by Gasteiger charge is -2.38. The molecule has 0 saturated carbocycles. The summed E-state index contributed by atoms with van der Waals surface area (Å²) in [7, 11) is -3.61. The van der Waals surface area contributed by atoms with Crippen LogP contribution in [0.25, 0.3) is 0 Å². The molecule has 0 spiro atoms. The molecular formula is C21H25ClN2O4S. The van der Waals surface area contributed by atoms with Crippen molar-refractivity contribution in [2.75, 3.05) is 12.8 Å². The third-order valence-electron chi connectivity index (χ3n) is 4.81. The van der Waals surface area contributed by atoms with E-state index in [1.54, 1.807) is 24.3 Å². The molecule has 1 atom stereocenters. The van der Waals surface area contributed by atoms with Crippen molar-refractivity contribution in [2.45, 2.75) is 38.5 Å². The Morgan fingerprint density at radius 3 is 2.55 bits per heavy atom. The number of hydrogen-bond donors (Lipinski definition) is 1. The van der Waals surface area contributed by atoms with Crippen LogP contribution in [0.3, 0.4) is 0 Å². The number of halogens is 1. The summed E-state index contributed by atoms with van der Waals surface area (Å²) in [6.45, 7) is 3.66. The fourth-order valence-corrected chi connectivity index (χ4v) is 4.36. The number of para-hydroxylation sites is 1. The monoisotopic (exact) mass is 436 g/mol. The van der Waals surface area contributed by atoms with Crippen molar-refractivity contribution >= 4 is 27.5 Å². The minimum absolute atomic E-state index is 0.0295. The van der Waals surface area contributed by atoms with E-state index in [1.165, 1.54) is 0 Å². The van der Waals surface area contributed by atoms with Gasteiger partial charge in [-0.05, 0) is 31.5 Å². The molecule has 0 aliphatic carbocycles. The molecule has 0 bridgehead atoms. The zero-order valence-electron chi connectivity index (χ0n) is 16.7. The molecule has 0 aromatic heterocycles. The third-order valence-corrected chi connectivity index (χ3v) is 6.37. The predicted octanol–water partition coefficient (Wildman–Crippen LogP) is 3.52. The van der Waals surface area contributed by atoms with E-state index in [1.807, 2.05) is 38.1 Å². The Hall–Kier alpha value is -2.09. The minimum Gasteiger partial charge on any atom is -0.487 e. The molecule has 6 nitrogen and oxygen atoms in total. The van der Waals surface area contributed by atoms with Crippen LogP contribution in [0.4, 0.5) is 0 Å². The summed E-state index contributed by atoms with van der Waals surface area (Å²) < 4.78 is 31.6. The molecule has 8 heteroatoms. The van der Waals surface area contributed by atoms with Crippen molar-refractivity contribution in [1.29, 1.82) is 0 Å². The first-order valence-corrected chi connectivity index (χ1v) is 11.5. The third kappa shape index (κ3) is 5.50. The molecule has 29 heavy (non-hydrogen) atoms. The van der Waals surface area contributed by atoms with Crippen LogP contribution in [0, 0.1) is 0 Å². The van der Waals surface area contributed by atoms with Gasteiger partial charge in [0.15, 0.2) is 0 Å². The average Bonchev–Trinajstić information content (AvgIpc) is 2.61. The van der Waals surface area contributed by atoms with Crippen LogP contribution in [0.5, 0.6) is 5.75 Å². The average molecular weight is 437 g/mol. The van der Waals surface area contributed by atoms with E-state index in [9.17, 15) is 13.2 Å². The van der Waals surface area contributed by atoms with Crippen LogP contribution in [0.15, 0.2) is 48.5 Å². The van der Waals surface area contributed by atoms with Gasteiger partial charge in [0, 0.05) is 23.6 Å². The number of nitrogens with one attached hydrogen (secondary N) is 1. The van der Waals surface area contributed by atoms with Crippen LogP contribution in [0.1, 0.15) is 37.4 Å². The molecule has 2 aromatic rings. The fraction of sp³-hybridized carbons (Fsp3) is 0.381. The number of carbonyl (C=O) groups excluding carboxylic acids is 1. The van der Waals surface area contributed by atoms with Crippen molar-refractivity contribution in [1.82, 2.24) is 9.62 Å². The molecule has 1 N–H and O–H groups in total. The van der Waals surface area contributed by atoms with Crippen molar-refractivity contribution in [3.05, 3.63) is 64.7 Å². The van der Waals surface area contributed by atoms with E-state index in [2.05, 4.69) is 5.32 Å². The highest BCUT2D eigenvalue weighted by Crippen LogP contribution is 2.39. The van der Waals surface area contributed by atoms with E-state index in [0.29, 0.717) is 17.0 Å². The maximum absolute atomic E-state index is 12.8. The zero-order chi connectivity index (χ0) is 21.2.